The summed E-state index contributed by atoms with van der Waals surface area (Å²) in [5.74, 6) is -0.648. The summed E-state index contributed by atoms with van der Waals surface area (Å²) in [6.45, 7) is 3.69. The molecule has 2 heterocycles. The topological polar surface area (TPSA) is 104 Å². The first-order chi connectivity index (χ1) is 14.4. The summed E-state index contributed by atoms with van der Waals surface area (Å²) >= 11 is 0. The molecule has 9 nitrogen and oxygen atoms in total. The van der Waals surface area contributed by atoms with Crippen molar-refractivity contribution in [1.29, 1.82) is 0 Å². The van der Waals surface area contributed by atoms with Crippen LogP contribution in [0, 0.1) is 13.8 Å². The van der Waals surface area contributed by atoms with E-state index in [9.17, 15) is 14.4 Å². The Hall–Kier alpha value is -3.75. The van der Waals surface area contributed by atoms with E-state index in [0.29, 0.717) is 17.1 Å². The van der Waals surface area contributed by atoms with Crippen molar-refractivity contribution in [3.8, 4) is 5.75 Å². The van der Waals surface area contributed by atoms with Crippen molar-refractivity contribution < 1.29 is 19.1 Å². The quantitative estimate of drug-likeness (QED) is 0.766. The Kier molecular flexibility index (Phi) is 4.94. The Morgan fingerprint density at radius 2 is 1.83 bits per heavy atom. The Balaban J connectivity index is 1.49. The molecule has 2 aromatic carbocycles. The molecule has 3 amide bonds. The van der Waals surface area contributed by atoms with Gasteiger partial charge in [0.15, 0.2) is 12.1 Å². The maximum atomic E-state index is 13.0. The van der Waals surface area contributed by atoms with Crippen LogP contribution in [0.5, 0.6) is 5.75 Å². The molecule has 1 saturated heterocycles. The second kappa shape index (κ2) is 7.58. The van der Waals surface area contributed by atoms with Gasteiger partial charge in [0.1, 0.15) is 12.3 Å². The molecule has 154 valence electrons. The second-order valence-corrected chi connectivity index (χ2v) is 7.20. The molecule has 2 aliphatic heterocycles. The summed E-state index contributed by atoms with van der Waals surface area (Å²) in [5, 5.41) is 12.0. The summed E-state index contributed by atoms with van der Waals surface area (Å²) in [6.07, 6.45) is 0. The first-order valence-corrected chi connectivity index (χ1v) is 9.46. The molecule has 30 heavy (non-hydrogen) atoms. The number of anilines is 2. The van der Waals surface area contributed by atoms with Crippen LogP contribution in [0.3, 0.4) is 0 Å². The molecule has 0 radical (unpaired) electrons. The zero-order valence-corrected chi connectivity index (χ0v) is 16.8. The summed E-state index contributed by atoms with van der Waals surface area (Å²) < 4.78 is 5.11. The van der Waals surface area contributed by atoms with Gasteiger partial charge in [-0.2, -0.15) is 5.11 Å². The molecule has 0 spiro atoms. The number of amides is 3. The smallest absolute Gasteiger partial charge is 0.263 e. The van der Waals surface area contributed by atoms with Crippen LogP contribution in [0.1, 0.15) is 11.1 Å². The predicted octanol–water partition coefficient (Wildman–Crippen LogP) is 2.24. The molecular formula is C21H21N5O4. The number of carbonyl (C=O) groups excluding carboxylic acids is 3. The molecule has 1 N–H and O–H groups in total. The number of rotatable bonds is 5. The molecular weight excluding hydrogens is 386 g/mol. The maximum absolute atomic E-state index is 13.0. The first-order valence-electron chi connectivity index (χ1n) is 9.46. The van der Waals surface area contributed by atoms with Crippen molar-refractivity contribution in [3.05, 3.63) is 53.6 Å². The van der Waals surface area contributed by atoms with Gasteiger partial charge in [0.05, 0.1) is 12.8 Å². The first kappa shape index (κ1) is 19.6. The van der Waals surface area contributed by atoms with Gasteiger partial charge in [-0.05, 0) is 55.3 Å². The SMILES string of the molecule is COc1ccc(N2C(=O)[C@H]3N=NN(CC(=O)Nc4cccc(C)c4C)[C@H]3C2=O)cc1. The van der Waals surface area contributed by atoms with Crippen LogP contribution in [0.25, 0.3) is 0 Å². The maximum Gasteiger partial charge on any atom is 0.263 e. The highest BCUT2D eigenvalue weighted by atomic mass is 16.5. The number of fused-ring (bicyclic) bond motifs is 1. The fourth-order valence-corrected chi connectivity index (χ4v) is 3.56. The van der Waals surface area contributed by atoms with Crippen molar-refractivity contribution in [2.45, 2.75) is 25.9 Å². The zero-order chi connectivity index (χ0) is 21.4. The third-order valence-electron chi connectivity index (χ3n) is 5.37. The number of nitrogens with one attached hydrogen (secondary N) is 1. The van der Waals surface area contributed by atoms with Gasteiger partial charge in [-0.1, -0.05) is 17.4 Å². The van der Waals surface area contributed by atoms with E-state index in [1.54, 1.807) is 24.3 Å². The van der Waals surface area contributed by atoms with E-state index in [4.69, 9.17) is 4.74 Å². The number of benzene rings is 2. The molecule has 9 heteroatoms. The van der Waals surface area contributed by atoms with Gasteiger partial charge < -0.3 is 10.1 Å². The number of aryl methyl sites for hydroxylation is 1. The highest BCUT2D eigenvalue weighted by molar-refractivity contribution is 6.25. The third kappa shape index (κ3) is 3.28. The zero-order valence-electron chi connectivity index (χ0n) is 16.8. The molecule has 2 atom stereocenters. The van der Waals surface area contributed by atoms with Gasteiger partial charge in [0.2, 0.25) is 5.91 Å². The van der Waals surface area contributed by atoms with E-state index < -0.39 is 23.9 Å². The number of methoxy groups -OCH3 is 1. The normalized spacial score (nSPS) is 20.0. The average Bonchev–Trinajstić information content (AvgIpc) is 3.25. The number of nitrogens with zero attached hydrogens (tertiary/aromatic N) is 4. The van der Waals surface area contributed by atoms with Crippen molar-refractivity contribution >= 4 is 29.1 Å². The van der Waals surface area contributed by atoms with E-state index in [1.807, 2.05) is 32.0 Å². The fraction of sp³-hybridized carbons (Fsp3) is 0.286. The minimum Gasteiger partial charge on any atom is -0.497 e. The molecule has 0 unspecified atom stereocenters. The molecule has 4 rings (SSSR count). The minimum absolute atomic E-state index is 0.187. The summed E-state index contributed by atoms with van der Waals surface area (Å²) in [5.41, 5.74) is 3.14. The highest BCUT2D eigenvalue weighted by Gasteiger charge is 2.55. The van der Waals surface area contributed by atoms with Crippen molar-refractivity contribution in [1.82, 2.24) is 5.01 Å². The van der Waals surface area contributed by atoms with Crippen LogP contribution >= 0.6 is 0 Å². The van der Waals surface area contributed by atoms with Crippen molar-refractivity contribution in [2.75, 3.05) is 23.9 Å². The Bertz CT molecular complexity index is 1050. The summed E-state index contributed by atoms with van der Waals surface area (Å²) in [6, 6.07) is 10.3. The van der Waals surface area contributed by atoms with Gasteiger partial charge in [0.25, 0.3) is 11.8 Å². The van der Waals surface area contributed by atoms with Gasteiger partial charge >= 0.3 is 0 Å². The lowest BCUT2D eigenvalue weighted by Gasteiger charge is -2.20. The number of hydrogen-bond donors (Lipinski definition) is 1. The number of hydrogen-bond acceptors (Lipinski definition) is 7. The molecule has 0 saturated carbocycles. The van der Waals surface area contributed by atoms with Crippen LogP contribution in [-0.4, -0.2) is 48.5 Å². The molecule has 0 aromatic heterocycles. The molecule has 2 aliphatic rings. The van der Waals surface area contributed by atoms with Crippen LogP contribution < -0.4 is 15.0 Å². The van der Waals surface area contributed by atoms with Gasteiger partial charge in [-0.3, -0.25) is 19.4 Å². The van der Waals surface area contributed by atoms with E-state index in [1.165, 1.54) is 12.1 Å². The minimum atomic E-state index is -0.951. The number of carbonyl (C=O) groups is 3. The molecule has 0 aliphatic carbocycles. The van der Waals surface area contributed by atoms with Crippen LogP contribution in [0.15, 0.2) is 52.8 Å². The Labute approximate surface area is 173 Å². The molecule has 2 aromatic rings. The summed E-state index contributed by atoms with van der Waals surface area (Å²) in [4.78, 5) is 39.4. The lowest BCUT2D eigenvalue weighted by molar-refractivity contribution is -0.123. The van der Waals surface area contributed by atoms with Crippen molar-refractivity contribution in [3.63, 3.8) is 0 Å². The monoisotopic (exact) mass is 407 g/mol. The molecule has 1 fully saturated rings. The number of ether oxygens (including phenoxy) is 1. The van der Waals surface area contributed by atoms with Gasteiger partial charge in [-0.15, -0.1) is 0 Å². The Morgan fingerprint density at radius 1 is 1.10 bits per heavy atom. The van der Waals surface area contributed by atoms with Crippen LogP contribution in [0.2, 0.25) is 0 Å². The lowest BCUT2D eigenvalue weighted by Crippen LogP contribution is -2.43. The third-order valence-corrected chi connectivity index (χ3v) is 5.37. The highest BCUT2D eigenvalue weighted by Crippen LogP contribution is 2.32. The standard InChI is InChI=1S/C21H21N5O4/c1-12-5-4-6-16(13(12)2)22-17(27)11-25-19-18(23-24-25)20(28)26(21(19)29)14-7-9-15(30-3)10-8-14/h4-10,18-19H,11H2,1-3H3,(H,22,27)/t18-,19+/m0/s1. The molecule has 0 bridgehead atoms. The predicted molar refractivity (Wildman–Crippen MR) is 109 cm³/mol. The van der Waals surface area contributed by atoms with Crippen molar-refractivity contribution in [2.24, 2.45) is 10.3 Å². The fourth-order valence-electron chi connectivity index (χ4n) is 3.56. The van der Waals surface area contributed by atoms with E-state index >= 15 is 0 Å². The van der Waals surface area contributed by atoms with E-state index in [2.05, 4.69) is 15.7 Å². The lowest BCUT2D eigenvalue weighted by atomic mass is 10.1. The van der Waals surface area contributed by atoms with Crippen LogP contribution in [0.4, 0.5) is 11.4 Å². The largest absolute Gasteiger partial charge is 0.497 e. The summed E-state index contributed by atoms with van der Waals surface area (Å²) in [7, 11) is 1.53. The van der Waals surface area contributed by atoms with Crippen LogP contribution in [-0.2, 0) is 14.4 Å². The Morgan fingerprint density at radius 3 is 2.53 bits per heavy atom. The van der Waals surface area contributed by atoms with E-state index in [0.717, 1.165) is 16.0 Å². The van der Waals surface area contributed by atoms with Gasteiger partial charge in [-0.25, -0.2) is 4.90 Å². The van der Waals surface area contributed by atoms with E-state index in [-0.39, 0.29) is 12.5 Å². The average molecular weight is 407 g/mol. The second-order valence-electron chi connectivity index (χ2n) is 7.20. The number of imide groups is 1. The van der Waals surface area contributed by atoms with Gasteiger partial charge in [0, 0.05) is 5.69 Å².